The Hall–Kier alpha value is -0.580. The molecule has 16 heavy (non-hydrogen) atoms. The highest BCUT2D eigenvalue weighted by Gasteiger charge is 2.23. The van der Waals surface area contributed by atoms with E-state index in [1.807, 2.05) is 11.0 Å². The molecule has 1 aromatic rings. The second-order valence-electron chi connectivity index (χ2n) is 3.93. The SMILES string of the molecule is O=C(CCCC(O)c1ccc(Cl)s1)N1CC1. The lowest BCUT2D eigenvalue weighted by Gasteiger charge is -2.07. The van der Waals surface area contributed by atoms with Gasteiger partial charge >= 0.3 is 0 Å². The van der Waals surface area contributed by atoms with Crippen LogP contribution in [0.4, 0.5) is 0 Å². The Kier molecular flexibility index (Phi) is 3.84. The normalized spacial score (nSPS) is 16.2. The van der Waals surface area contributed by atoms with Crippen molar-refractivity contribution in [3.8, 4) is 0 Å². The van der Waals surface area contributed by atoms with E-state index in [0.29, 0.717) is 17.2 Å². The van der Waals surface area contributed by atoms with Gasteiger partial charge in [0.25, 0.3) is 0 Å². The number of thiophene rings is 1. The zero-order chi connectivity index (χ0) is 11.5. The van der Waals surface area contributed by atoms with E-state index in [9.17, 15) is 9.90 Å². The van der Waals surface area contributed by atoms with E-state index in [0.717, 1.165) is 24.4 Å². The van der Waals surface area contributed by atoms with E-state index >= 15 is 0 Å². The van der Waals surface area contributed by atoms with E-state index in [-0.39, 0.29) is 5.91 Å². The average Bonchev–Trinajstić information content (AvgIpc) is 3.01. The zero-order valence-corrected chi connectivity index (χ0v) is 10.4. The first-order valence-corrected chi connectivity index (χ1v) is 6.57. The van der Waals surface area contributed by atoms with Crippen molar-refractivity contribution in [1.82, 2.24) is 4.90 Å². The number of amides is 1. The molecule has 3 nitrogen and oxygen atoms in total. The summed E-state index contributed by atoms with van der Waals surface area (Å²) in [6.07, 6.45) is 1.40. The van der Waals surface area contributed by atoms with Gasteiger partial charge in [0.05, 0.1) is 10.4 Å². The number of carbonyl (C=O) groups is 1. The molecule has 5 heteroatoms. The van der Waals surface area contributed by atoms with Crippen LogP contribution in [-0.4, -0.2) is 29.0 Å². The van der Waals surface area contributed by atoms with E-state index in [2.05, 4.69) is 0 Å². The van der Waals surface area contributed by atoms with Gasteiger partial charge in [-0.1, -0.05) is 11.6 Å². The van der Waals surface area contributed by atoms with Crippen molar-refractivity contribution >= 4 is 28.8 Å². The Morgan fingerprint density at radius 2 is 2.31 bits per heavy atom. The summed E-state index contributed by atoms with van der Waals surface area (Å²) in [6, 6.07) is 3.62. The molecule has 2 heterocycles. The molecule has 1 saturated heterocycles. The predicted molar refractivity (Wildman–Crippen MR) is 64.7 cm³/mol. The number of carbonyl (C=O) groups excluding carboxylic acids is 1. The van der Waals surface area contributed by atoms with Crippen molar-refractivity contribution < 1.29 is 9.90 Å². The smallest absolute Gasteiger partial charge is 0.222 e. The average molecular weight is 260 g/mol. The van der Waals surface area contributed by atoms with Gasteiger partial charge in [0.2, 0.25) is 5.91 Å². The molecule has 1 N–H and O–H groups in total. The summed E-state index contributed by atoms with van der Waals surface area (Å²) < 4.78 is 0.689. The summed E-state index contributed by atoms with van der Waals surface area (Å²) in [4.78, 5) is 14.0. The van der Waals surface area contributed by atoms with E-state index < -0.39 is 6.10 Å². The Labute approximate surface area is 104 Å². The van der Waals surface area contributed by atoms with Crippen LogP contribution in [-0.2, 0) is 4.79 Å². The molecule has 1 unspecified atom stereocenters. The Balaban J connectivity index is 1.71. The van der Waals surface area contributed by atoms with E-state index in [1.165, 1.54) is 11.3 Å². The van der Waals surface area contributed by atoms with Crippen molar-refractivity contribution in [3.05, 3.63) is 21.3 Å². The van der Waals surface area contributed by atoms with Crippen molar-refractivity contribution in [2.75, 3.05) is 13.1 Å². The molecular weight excluding hydrogens is 246 g/mol. The van der Waals surface area contributed by atoms with Crippen LogP contribution in [0.1, 0.15) is 30.2 Å². The van der Waals surface area contributed by atoms with Crippen LogP contribution < -0.4 is 0 Å². The highest BCUT2D eigenvalue weighted by Crippen LogP contribution is 2.29. The molecule has 1 atom stereocenters. The summed E-state index contributed by atoms with van der Waals surface area (Å²) in [5, 5.41) is 9.83. The molecule has 0 saturated carbocycles. The second-order valence-corrected chi connectivity index (χ2v) is 5.68. The largest absolute Gasteiger partial charge is 0.388 e. The number of hydrogen-bond donors (Lipinski definition) is 1. The number of nitrogens with zero attached hydrogens (tertiary/aromatic N) is 1. The number of hydrogen-bond acceptors (Lipinski definition) is 3. The molecule has 0 radical (unpaired) electrons. The fourth-order valence-electron chi connectivity index (χ4n) is 1.55. The van der Waals surface area contributed by atoms with Gasteiger partial charge in [-0.2, -0.15) is 0 Å². The summed E-state index contributed by atoms with van der Waals surface area (Å²) >= 11 is 7.18. The first kappa shape index (κ1) is 11.9. The highest BCUT2D eigenvalue weighted by atomic mass is 35.5. The molecule has 1 aliphatic heterocycles. The first-order valence-electron chi connectivity index (χ1n) is 5.38. The van der Waals surface area contributed by atoms with Crippen LogP contribution in [0.2, 0.25) is 4.34 Å². The van der Waals surface area contributed by atoms with Crippen LogP contribution >= 0.6 is 22.9 Å². The summed E-state index contributed by atoms with van der Waals surface area (Å²) in [5.74, 6) is 0.205. The quantitative estimate of drug-likeness (QED) is 0.825. The van der Waals surface area contributed by atoms with E-state index in [1.54, 1.807) is 6.07 Å². The molecule has 1 amide bonds. The topological polar surface area (TPSA) is 40.3 Å². The Morgan fingerprint density at radius 3 is 2.88 bits per heavy atom. The minimum absolute atomic E-state index is 0.205. The lowest BCUT2D eigenvalue weighted by Crippen LogP contribution is -2.10. The maximum atomic E-state index is 11.4. The standard InChI is InChI=1S/C11H14ClNO2S/c12-10-5-4-9(16-10)8(14)2-1-3-11(15)13-6-7-13/h4-5,8,14H,1-3,6-7H2. The summed E-state index contributed by atoms with van der Waals surface area (Å²) in [5.41, 5.74) is 0. The van der Waals surface area contributed by atoms with Gasteiger partial charge in [-0.25, -0.2) is 0 Å². The van der Waals surface area contributed by atoms with Crippen LogP contribution in [0.25, 0.3) is 0 Å². The zero-order valence-electron chi connectivity index (χ0n) is 8.86. The lowest BCUT2D eigenvalue weighted by atomic mass is 10.1. The van der Waals surface area contributed by atoms with Crippen molar-refractivity contribution in [3.63, 3.8) is 0 Å². The second kappa shape index (κ2) is 5.17. The monoisotopic (exact) mass is 259 g/mol. The van der Waals surface area contributed by atoms with Crippen molar-refractivity contribution in [1.29, 1.82) is 0 Å². The maximum Gasteiger partial charge on any atom is 0.222 e. The molecule has 1 aromatic heterocycles. The molecule has 0 spiro atoms. The molecular formula is C11H14ClNO2S. The maximum absolute atomic E-state index is 11.4. The van der Waals surface area contributed by atoms with Crippen LogP contribution in [0, 0.1) is 0 Å². The summed E-state index contributed by atoms with van der Waals surface area (Å²) in [7, 11) is 0. The number of aliphatic hydroxyl groups excluding tert-OH is 1. The number of aliphatic hydroxyl groups is 1. The van der Waals surface area contributed by atoms with Gasteiger partial charge in [0, 0.05) is 24.4 Å². The van der Waals surface area contributed by atoms with Gasteiger partial charge < -0.3 is 10.0 Å². The van der Waals surface area contributed by atoms with E-state index in [4.69, 9.17) is 11.6 Å². The third-order valence-electron chi connectivity index (χ3n) is 2.59. The van der Waals surface area contributed by atoms with Gasteiger partial charge in [0.15, 0.2) is 0 Å². The molecule has 1 aliphatic rings. The third-order valence-corrected chi connectivity index (χ3v) is 3.92. The predicted octanol–water partition coefficient (Wildman–Crippen LogP) is 2.45. The van der Waals surface area contributed by atoms with Gasteiger partial charge in [-0.15, -0.1) is 11.3 Å². The highest BCUT2D eigenvalue weighted by molar-refractivity contribution is 7.16. The van der Waals surface area contributed by atoms with Gasteiger partial charge in [-0.05, 0) is 25.0 Å². The lowest BCUT2D eigenvalue weighted by molar-refractivity contribution is -0.125. The first-order chi connectivity index (χ1) is 7.66. The fraction of sp³-hybridized carbons (Fsp3) is 0.545. The third kappa shape index (κ3) is 3.20. The van der Waals surface area contributed by atoms with Crippen LogP contribution in [0.5, 0.6) is 0 Å². The molecule has 0 bridgehead atoms. The summed E-state index contributed by atoms with van der Waals surface area (Å²) in [6.45, 7) is 1.81. The Morgan fingerprint density at radius 1 is 1.56 bits per heavy atom. The minimum Gasteiger partial charge on any atom is -0.388 e. The molecule has 1 fully saturated rings. The number of rotatable bonds is 5. The molecule has 0 aliphatic carbocycles. The number of halogens is 1. The van der Waals surface area contributed by atoms with Gasteiger partial charge in [0.1, 0.15) is 0 Å². The van der Waals surface area contributed by atoms with Crippen molar-refractivity contribution in [2.24, 2.45) is 0 Å². The van der Waals surface area contributed by atoms with Gasteiger partial charge in [-0.3, -0.25) is 4.79 Å². The van der Waals surface area contributed by atoms with Crippen molar-refractivity contribution in [2.45, 2.75) is 25.4 Å². The van der Waals surface area contributed by atoms with Crippen LogP contribution in [0.3, 0.4) is 0 Å². The molecule has 2 rings (SSSR count). The fourth-order valence-corrected chi connectivity index (χ4v) is 2.64. The molecule has 88 valence electrons. The minimum atomic E-state index is -0.487. The Bertz CT molecular complexity index is 376. The van der Waals surface area contributed by atoms with Crippen LogP contribution in [0.15, 0.2) is 12.1 Å². The molecule has 0 aromatic carbocycles.